The quantitative estimate of drug-likeness (QED) is 0.531. The number of hydrogen-bond donors (Lipinski definition) is 1. The zero-order chi connectivity index (χ0) is 11.5. The first-order chi connectivity index (χ1) is 7.20. The SMILES string of the molecule is CCCCCCC(CCC)CNC(C)C. The van der Waals surface area contributed by atoms with E-state index in [9.17, 15) is 0 Å². The first kappa shape index (κ1) is 15.0. The van der Waals surface area contributed by atoms with Crippen molar-refractivity contribution in [3.05, 3.63) is 0 Å². The molecule has 0 fully saturated rings. The van der Waals surface area contributed by atoms with Crippen LogP contribution in [0.3, 0.4) is 0 Å². The second kappa shape index (κ2) is 10.5. The van der Waals surface area contributed by atoms with Gasteiger partial charge >= 0.3 is 0 Å². The van der Waals surface area contributed by atoms with E-state index in [0.29, 0.717) is 6.04 Å². The molecule has 1 N–H and O–H groups in total. The highest BCUT2D eigenvalue weighted by Crippen LogP contribution is 2.15. The molecule has 0 aliphatic carbocycles. The van der Waals surface area contributed by atoms with Crippen molar-refractivity contribution in [2.24, 2.45) is 5.92 Å². The first-order valence-electron chi connectivity index (χ1n) is 6.94. The molecule has 0 radical (unpaired) electrons. The van der Waals surface area contributed by atoms with Crippen LogP contribution < -0.4 is 5.32 Å². The van der Waals surface area contributed by atoms with Gasteiger partial charge in [-0.3, -0.25) is 0 Å². The Morgan fingerprint density at radius 1 is 0.867 bits per heavy atom. The lowest BCUT2D eigenvalue weighted by Gasteiger charge is -2.18. The van der Waals surface area contributed by atoms with Crippen molar-refractivity contribution in [1.82, 2.24) is 5.32 Å². The second-order valence-electron chi connectivity index (χ2n) is 5.07. The van der Waals surface area contributed by atoms with Crippen LogP contribution in [0.15, 0.2) is 0 Å². The van der Waals surface area contributed by atoms with Crippen LogP contribution >= 0.6 is 0 Å². The summed E-state index contributed by atoms with van der Waals surface area (Å²) in [5, 5.41) is 3.57. The minimum atomic E-state index is 0.639. The van der Waals surface area contributed by atoms with Crippen LogP contribution in [-0.2, 0) is 0 Å². The minimum absolute atomic E-state index is 0.639. The van der Waals surface area contributed by atoms with Crippen molar-refractivity contribution in [1.29, 1.82) is 0 Å². The smallest absolute Gasteiger partial charge is 0.00104 e. The summed E-state index contributed by atoms with van der Waals surface area (Å²) in [6.45, 7) is 10.3. The Bertz CT molecular complexity index is 121. The standard InChI is InChI=1S/C14H31N/c1-5-7-8-9-11-14(10-6-2)12-15-13(3)4/h13-15H,5-12H2,1-4H3. The Morgan fingerprint density at radius 3 is 2.13 bits per heavy atom. The molecule has 0 heterocycles. The average molecular weight is 213 g/mol. The van der Waals surface area contributed by atoms with Gasteiger partial charge in [-0.1, -0.05) is 59.8 Å². The van der Waals surface area contributed by atoms with Crippen LogP contribution in [0.25, 0.3) is 0 Å². The van der Waals surface area contributed by atoms with E-state index in [1.807, 2.05) is 0 Å². The Morgan fingerprint density at radius 2 is 1.60 bits per heavy atom. The first-order valence-corrected chi connectivity index (χ1v) is 6.94. The van der Waals surface area contributed by atoms with E-state index in [4.69, 9.17) is 0 Å². The van der Waals surface area contributed by atoms with Crippen molar-refractivity contribution < 1.29 is 0 Å². The molecular formula is C14H31N. The van der Waals surface area contributed by atoms with Crippen LogP contribution in [0.2, 0.25) is 0 Å². The van der Waals surface area contributed by atoms with E-state index >= 15 is 0 Å². The summed E-state index contributed by atoms with van der Waals surface area (Å²) >= 11 is 0. The Hall–Kier alpha value is -0.0400. The summed E-state index contributed by atoms with van der Waals surface area (Å²) in [6.07, 6.45) is 9.77. The molecule has 1 nitrogen and oxygen atoms in total. The molecule has 0 saturated heterocycles. The van der Waals surface area contributed by atoms with E-state index in [1.165, 1.54) is 51.5 Å². The normalized spacial score (nSPS) is 13.4. The Kier molecular flexibility index (Phi) is 10.4. The van der Waals surface area contributed by atoms with Crippen LogP contribution in [0.5, 0.6) is 0 Å². The van der Waals surface area contributed by atoms with E-state index in [0.717, 1.165) is 5.92 Å². The molecular weight excluding hydrogens is 182 g/mol. The van der Waals surface area contributed by atoms with Crippen LogP contribution in [-0.4, -0.2) is 12.6 Å². The predicted octanol–water partition coefficient (Wildman–Crippen LogP) is 4.37. The fourth-order valence-electron chi connectivity index (χ4n) is 2.02. The topological polar surface area (TPSA) is 12.0 Å². The van der Waals surface area contributed by atoms with Gasteiger partial charge in [-0.2, -0.15) is 0 Å². The zero-order valence-corrected chi connectivity index (χ0v) is 11.3. The monoisotopic (exact) mass is 213 g/mol. The summed E-state index contributed by atoms with van der Waals surface area (Å²) < 4.78 is 0. The van der Waals surface area contributed by atoms with Gasteiger partial charge in [-0.15, -0.1) is 0 Å². The molecule has 15 heavy (non-hydrogen) atoms. The van der Waals surface area contributed by atoms with Gasteiger partial charge in [-0.25, -0.2) is 0 Å². The van der Waals surface area contributed by atoms with Gasteiger partial charge < -0.3 is 5.32 Å². The molecule has 0 aliphatic heterocycles. The summed E-state index contributed by atoms with van der Waals surface area (Å²) in [7, 11) is 0. The lowest BCUT2D eigenvalue weighted by atomic mass is 9.96. The molecule has 0 rings (SSSR count). The van der Waals surface area contributed by atoms with Crippen molar-refractivity contribution in [2.45, 2.75) is 78.7 Å². The summed E-state index contributed by atoms with van der Waals surface area (Å²) in [4.78, 5) is 0. The molecule has 0 saturated carbocycles. The average Bonchev–Trinajstić information content (AvgIpc) is 2.20. The van der Waals surface area contributed by atoms with Gasteiger partial charge in [0.25, 0.3) is 0 Å². The molecule has 92 valence electrons. The molecule has 0 bridgehead atoms. The maximum Gasteiger partial charge on any atom is 0.00104 e. The molecule has 1 unspecified atom stereocenters. The van der Waals surface area contributed by atoms with Gasteiger partial charge in [0, 0.05) is 6.04 Å². The van der Waals surface area contributed by atoms with E-state index in [1.54, 1.807) is 0 Å². The van der Waals surface area contributed by atoms with Gasteiger partial charge in [0.1, 0.15) is 0 Å². The van der Waals surface area contributed by atoms with Gasteiger partial charge in [0.2, 0.25) is 0 Å². The zero-order valence-electron chi connectivity index (χ0n) is 11.3. The number of hydrogen-bond acceptors (Lipinski definition) is 1. The van der Waals surface area contributed by atoms with Gasteiger partial charge in [0.05, 0.1) is 0 Å². The fraction of sp³-hybridized carbons (Fsp3) is 1.00. The number of rotatable bonds is 10. The van der Waals surface area contributed by atoms with Gasteiger partial charge in [-0.05, 0) is 25.3 Å². The van der Waals surface area contributed by atoms with E-state index < -0.39 is 0 Å². The molecule has 0 spiro atoms. The maximum atomic E-state index is 3.57. The predicted molar refractivity (Wildman–Crippen MR) is 70.3 cm³/mol. The summed E-state index contributed by atoms with van der Waals surface area (Å²) in [5.74, 6) is 0.911. The summed E-state index contributed by atoms with van der Waals surface area (Å²) in [5.41, 5.74) is 0. The van der Waals surface area contributed by atoms with Crippen molar-refractivity contribution in [2.75, 3.05) is 6.54 Å². The highest BCUT2D eigenvalue weighted by atomic mass is 14.9. The third kappa shape index (κ3) is 10.2. The molecule has 0 aromatic heterocycles. The molecule has 0 aromatic rings. The Labute approximate surface area is 97.0 Å². The molecule has 0 amide bonds. The Balaban J connectivity index is 3.53. The van der Waals surface area contributed by atoms with E-state index in [-0.39, 0.29) is 0 Å². The van der Waals surface area contributed by atoms with Crippen LogP contribution in [0.1, 0.15) is 72.6 Å². The number of nitrogens with one attached hydrogen (secondary N) is 1. The van der Waals surface area contributed by atoms with E-state index in [2.05, 4.69) is 33.0 Å². The molecule has 1 atom stereocenters. The molecule has 1 heteroatoms. The molecule has 0 aromatic carbocycles. The largest absolute Gasteiger partial charge is 0.314 e. The second-order valence-corrected chi connectivity index (χ2v) is 5.07. The van der Waals surface area contributed by atoms with Crippen LogP contribution in [0.4, 0.5) is 0 Å². The van der Waals surface area contributed by atoms with Crippen molar-refractivity contribution in [3.63, 3.8) is 0 Å². The van der Waals surface area contributed by atoms with Crippen molar-refractivity contribution in [3.8, 4) is 0 Å². The minimum Gasteiger partial charge on any atom is -0.314 e. The highest BCUT2D eigenvalue weighted by molar-refractivity contribution is 4.64. The third-order valence-electron chi connectivity index (χ3n) is 2.98. The van der Waals surface area contributed by atoms with Crippen molar-refractivity contribution >= 4 is 0 Å². The van der Waals surface area contributed by atoms with Gasteiger partial charge in [0.15, 0.2) is 0 Å². The third-order valence-corrected chi connectivity index (χ3v) is 2.98. The lowest BCUT2D eigenvalue weighted by molar-refractivity contribution is 0.382. The summed E-state index contributed by atoms with van der Waals surface area (Å²) in [6, 6.07) is 0.639. The van der Waals surface area contributed by atoms with Crippen LogP contribution in [0, 0.1) is 5.92 Å². The highest BCUT2D eigenvalue weighted by Gasteiger charge is 2.07. The number of unbranched alkanes of at least 4 members (excludes halogenated alkanes) is 3. The molecule has 0 aliphatic rings. The maximum absolute atomic E-state index is 3.57. The lowest BCUT2D eigenvalue weighted by Crippen LogP contribution is -2.29. The fourth-order valence-corrected chi connectivity index (χ4v) is 2.02.